The highest BCUT2D eigenvalue weighted by Gasteiger charge is 2.08. The molecule has 116 valence electrons. The normalized spacial score (nSPS) is 10.6. The number of anilines is 2. The van der Waals surface area contributed by atoms with Gasteiger partial charge in [0.25, 0.3) is 0 Å². The summed E-state index contributed by atoms with van der Waals surface area (Å²) in [6.45, 7) is 4.35. The van der Waals surface area contributed by atoms with E-state index in [-0.39, 0.29) is 12.5 Å². The number of para-hydroxylation sites is 1. The first-order valence-electron chi connectivity index (χ1n) is 7.05. The van der Waals surface area contributed by atoms with Crippen LogP contribution in [0, 0.1) is 0 Å². The summed E-state index contributed by atoms with van der Waals surface area (Å²) in [5.41, 5.74) is 2.57. The average molecular weight is 337 g/mol. The molecule has 0 bridgehead atoms. The van der Waals surface area contributed by atoms with E-state index >= 15 is 0 Å². The molecule has 0 saturated carbocycles. The molecule has 2 rings (SSSR count). The molecule has 0 atom stereocenters. The maximum Gasteiger partial charge on any atom is 0.243 e. The zero-order chi connectivity index (χ0) is 16.1. The number of rotatable bonds is 5. The lowest BCUT2D eigenvalue weighted by Gasteiger charge is -2.11. The van der Waals surface area contributed by atoms with Gasteiger partial charge < -0.3 is 10.6 Å². The van der Waals surface area contributed by atoms with Crippen LogP contribution in [0.15, 0.2) is 42.5 Å². The fraction of sp³-hybridized carbons (Fsp3) is 0.235. The Morgan fingerprint density at radius 2 is 1.64 bits per heavy atom. The van der Waals surface area contributed by atoms with Crippen molar-refractivity contribution in [1.82, 2.24) is 0 Å². The first kappa shape index (κ1) is 16.7. The molecule has 2 aromatic carbocycles. The van der Waals surface area contributed by atoms with Crippen LogP contribution >= 0.6 is 23.2 Å². The molecule has 0 aliphatic carbocycles. The first-order chi connectivity index (χ1) is 10.5. The van der Waals surface area contributed by atoms with Crippen molar-refractivity contribution in [3.05, 3.63) is 58.1 Å². The van der Waals surface area contributed by atoms with Gasteiger partial charge in [0.15, 0.2) is 0 Å². The molecule has 1 amide bonds. The van der Waals surface area contributed by atoms with Crippen LogP contribution in [-0.2, 0) is 4.79 Å². The molecule has 0 saturated heterocycles. The Morgan fingerprint density at radius 3 is 2.18 bits per heavy atom. The number of carbonyl (C=O) groups is 1. The summed E-state index contributed by atoms with van der Waals surface area (Å²) in [5, 5.41) is 6.76. The molecule has 5 heteroatoms. The van der Waals surface area contributed by atoms with E-state index in [1.807, 2.05) is 24.3 Å². The van der Waals surface area contributed by atoms with E-state index in [2.05, 4.69) is 24.5 Å². The summed E-state index contributed by atoms with van der Waals surface area (Å²) in [5.74, 6) is 0.307. The van der Waals surface area contributed by atoms with E-state index in [1.165, 1.54) is 5.56 Å². The van der Waals surface area contributed by atoms with Crippen LogP contribution in [-0.4, -0.2) is 12.5 Å². The lowest BCUT2D eigenvalue weighted by Crippen LogP contribution is -2.22. The third-order valence-electron chi connectivity index (χ3n) is 3.25. The van der Waals surface area contributed by atoms with Crippen LogP contribution in [0.25, 0.3) is 0 Å². The molecule has 0 aromatic heterocycles. The molecule has 0 spiro atoms. The van der Waals surface area contributed by atoms with Gasteiger partial charge in [0.05, 0.1) is 22.3 Å². The molecule has 2 N–H and O–H groups in total. The minimum Gasteiger partial charge on any atom is -0.374 e. The van der Waals surface area contributed by atoms with Crippen molar-refractivity contribution in [2.75, 3.05) is 17.2 Å². The number of carbonyl (C=O) groups excluding carboxylic acids is 1. The van der Waals surface area contributed by atoms with E-state index in [4.69, 9.17) is 23.2 Å². The predicted octanol–water partition coefficient (Wildman–Crippen LogP) is 5.17. The Balaban J connectivity index is 1.93. The number of benzene rings is 2. The van der Waals surface area contributed by atoms with E-state index in [0.717, 1.165) is 5.69 Å². The summed E-state index contributed by atoms with van der Waals surface area (Å²) in [4.78, 5) is 12.0. The van der Waals surface area contributed by atoms with Gasteiger partial charge in [-0.25, -0.2) is 0 Å². The summed E-state index contributed by atoms with van der Waals surface area (Å²) in [7, 11) is 0. The molecule has 0 radical (unpaired) electrons. The SMILES string of the molecule is CC(C)c1ccc(NC(=O)CNc2c(Cl)cccc2Cl)cc1. The highest BCUT2D eigenvalue weighted by molar-refractivity contribution is 6.39. The van der Waals surface area contributed by atoms with Crippen molar-refractivity contribution < 1.29 is 4.79 Å². The van der Waals surface area contributed by atoms with Crippen LogP contribution < -0.4 is 10.6 Å². The van der Waals surface area contributed by atoms with Gasteiger partial charge in [-0.05, 0) is 35.7 Å². The van der Waals surface area contributed by atoms with Gasteiger partial charge in [-0.1, -0.05) is 55.2 Å². The number of hydrogen-bond donors (Lipinski definition) is 2. The Bertz CT molecular complexity index is 634. The molecule has 2 aromatic rings. The topological polar surface area (TPSA) is 41.1 Å². The zero-order valence-corrected chi connectivity index (χ0v) is 14.0. The van der Waals surface area contributed by atoms with E-state index in [9.17, 15) is 4.79 Å². The molecule has 0 heterocycles. The lowest BCUT2D eigenvalue weighted by atomic mass is 10.0. The molecule has 0 unspecified atom stereocenters. The van der Waals surface area contributed by atoms with Gasteiger partial charge in [0, 0.05) is 5.69 Å². The molecule has 0 aliphatic heterocycles. The van der Waals surface area contributed by atoms with Gasteiger partial charge in [-0.3, -0.25) is 4.79 Å². The smallest absolute Gasteiger partial charge is 0.243 e. The number of amides is 1. The Labute approximate surface area is 140 Å². The Kier molecular flexibility index (Phi) is 5.69. The first-order valence-corrected chi connectivity index (χ1v) is 7.80. The van der Waals surface area contributed by atoms with Crippen molar-refractivity contribution in [2.24, 2.45) is 0 Å². The van der Waals surface area contributed by atoms with Crippen molar-refractivity contribution in [3.63, 3.8) is 0 Å². The quantitative estimate of drug-likeness (QED) is 0.790. The second-order valence-electron chi connectivity index (χ2n) is 5.28. The maximum absolute atomic E-state index is 12.0. The van der Waals surface area contributed by atoms with Crippen LogP contribution in [0.3, 0.4) is 0 Å². The summed E-state index contributed by atoms with van der Waals surface area (Å²) in [6, 6.07) is 13.0. The second-order valence-corrected chi connectivity index (χ2v) is 6.09. The van der Waals surface area contributed by atoms with Crippen molar-refractivity contribution in [2.45, 2.75) is 19.8 Å². The van der Waals surface area contributed by atoms with Gasteiger partial charge in [-0.15, -0.1) is 0 Å². The Morgan fingerprint density at radius 1 is 1.05 bits per heavy atom. The minimum atomic E-state index is -0.159. The number of halogens is 2. The number of hydrogen-bond acceptors (Lipinski definition) is 2. The summed E-state index contributed by atoms with van der Waals surface area (Å²) >= 11 is 12.1. The second kappa shape index (κ2) is 7.52. The van der Waals surface area contributed by atoms with Crippen LogP contribution in [0.1, 0.15) is 25.3 Å². The van der Waals surface area contributed by atoms with Crippen LogP contribution in [0.2, 0.25) is 10.0 Å². The maximum atomic E-state index is 12.0. The fourth-order valence-corrected chi connectivity index (χ4v) is 2.52. The van der Waals surface area contributed by atoms with Crippen molar-refractivity contribution in [1.29, 1.82) is 0 Å². The molecular weight excluding hydrogens is 319 g/mol. The highest BCUT2D eigenvalue weighted by Crippen LogP contribution is 2.29. The van der Waals surface area contributed by atoms with E-state index in [0.29, 0.717) is 21.7 Å². The van der Waals surface area contributed by atoms with Crippen molar-refractivity contribution >= 4 is 40.5 Å². The van der Waals surface area contributed by atoms with Gasteiger partial charge in [0.2, 0.25) is 5.91 Å². The van der Waals surface area contributed by atoms with Crippen LogP contribution in [0.5, 0.6) is 0 Å². The predicted molar refractivity (Wildman–Crippen MR) is 94.1 cm³/mol. The molecule has 0 fully saturated rings. The largest absolute Gasteiger partial charge is 0.374 e. The molecule has 0 aliphatic rings. The van der Waals surface area contributed by atoms with Crippen molar-refractivity contribution in [3.8, 4) is 0 Å². The van der Waals surface area contributed by atoms with E-state index in [1.54, 1.807) is 18.2 Å². The third kappa shape index (κ3) is 4.39. The minimum absolute atomic E-state index is 0.0926. The van der Waals surface area contributed by atoms with Gasteiger partial charge in [0.1, 0.15) is 0 Å². The molecule has 3 nitrogen and oxygen atoms in total. The van der Waals surface area contributed by atoms with Gasteiger partial charge in [-0.2, -0.15) is 0 Å². The van der Waals surface area contributed by atoms with E-state index < -0.39 is 0 Å². The lowest BCUT2D eigenvalue weighted by molar-refractivity contribution is -0.114. The van der Waals surface area contributed by atoms with Crippen LogP contribution in [0.4, 0.5) is 11.4 Å². The average Bonchev–Trinajstić information content (AvgIpc) is 2.47. The monoisotopic (exact) mass is 336 g/mol. The summed E-state index contributed by atoms with van der Waals surface area (Å²) < 4.78 is 0. The number of nitrogens with one attached hydrogen (secondary N) is 2. The summed E-state index contributed by atoms with van der Waals surface area (Å²) in [6.07, 6.45) is 0. The third-order valence-corrected chi connectivity index (χ3v) is 3.88. The van der Waals surface area contributed by atoms with Gasteiger partial charge >= 0.3 is 0 Å². The molecule has 22 heavy (non-hydrogen) atoms. The fourth-order valence-electron chi connectivity index (χ4n) is 1.99. The Hall–Kier alpha value is -1.71. The molecular formula is C17H18Cl2N2O. The standard InChI is InChI=1S/C17H18Cl2N2O/c1-11(2)12-6-8-13(9-7-12)21-16(22)10-20-17-14(18)4-3-5-15(17)19/h3-9,11,20H,10H2,1-2H3,(H,21,22). The highest BCUT2D eigenvalue weighted by atomic mass is 35.5. The zero-order valence-electron chi connectivity index (χ0n) is 12.5.